The van der Waals surface area contributed by atoms with Crippen molar-refractivity contribution in [2.45, 2.75) is 31.2 Å². The lowest BCUT2D eigenvalue weighted by Gasteiger charge is -2.41. The number of hydrogen-bond donors (Lipinski definition) is 2. The van der Waals surface area contributed by atoms with Crippen LogP contribution in [-0.4, -0.2) is 63.3 Å². The molecule has 0 bridgehead atoms. The van der Waals surface area contributed by atoms with Gasteiger partial charge in [-0.2, -0.15) is 0 Å². The molecule has 0 radical (unpaired) electrons. The van der Waals surface area contributed by atoms with Crippen LogP contribution in [0.15, 0.2) is 65.7 Å². The monoisotopic (exact) mass is 536 g/mol. The van der Waals surface area contributed by atoms with Crippen LogP contribution >= 0.6 is 24.0 Å². The first-order valence-corrected chi connectivity index (χ1v) is 11.0. The molecule has 0 saturated carbocycles. The maximum Gasteiger partial charge on any atom is 0.191 e. The quantitative estimate of drug-likeness (QED) is 0.303. The number of nitrogens with zero attached hydrogens (tertiary/aromatic N) is 2. The summed E-state index contributed by atoms with van der Waals surface area (Å²) in [7, 11) is 4.31. The first-order chi connectivity index (χ1) is 14.6. The van der Waals surface area contributed by atoms with Gasteiger partial charge in [-0.05, 0) is 45.0 Å². The SMILES string of the molecule is CCNC(=NCC1(N(C)C)CCOCC1)NCC(c1ccccc1)c1ccccc1.I. The lowest BCUT2D eigenvalue weighted by molar-refractivity contribution is -0.00254. The molecule has 2 aromatic rings. The number of aliphatic imine (C=N–C) groups is 1. The fourth-order valence-electron chi connectivity index (χ4n) is 4.06. The van der Waals surface area contributed by atoms with Gasteiger partial charge >= 0.3 is 0 Å². The predicted molar refractivity (Wildman–Crippen MR) is 141 cm³/mol. The van der Waals surface area contributed by atoms with Crippen LogP contribution in [0, 0.1) is 0 Å². The highest BCUT2D eigenvalue weighted by Gasteiger charge is 2.34. The minimum atomic E-state index is 0. The predicted octanol–water partition coefficient (Wildman–Crippen LogP) is 4.10. The molecule has 31 heavy (non-hydrogen) atoms. The van der Waals surface area contributed by atoms with E-state index in [0.717, 1.165) is 51.6 Å². The van der Waals surface area contributed by atoms with Crippen molar-refractivity contribution in [2.24, 2.45) is 4.99 Å². The fraction of sp³-hybridized carbons (Fsp3) is 0.480. The third-order valence-corrected chi connectivity index (χ3v) is 6.13. The van der Waals surface area contributed by atoms with Crippen LogP contribution in [0.1, 0.15) is 36.8 Å². The number of halogens is 1. The van der Waals surface area contributed by atoms with Gasteiger partial charge in [0, 0.05) is 37.8 Å². The van der Waals surface area contributed by atoms with E-state index in [1.807, 2.05) is 0 Å². The first kappa shape index (κ1) is 25.6. The van der Waals surface area contributed by atoms with Crippen molar-refractivity contribution >= 4 is 29.9 Å². The zero-order valence-electron chi connectivity index (χ0n) is 19.0. The van der Waals surface area contributed by atoms with Gasteiger partial charge in [0.25, 0.3) is 0 Å². The summed E-state index contributed by atoms with van der Waals surface area (Å²) in [5.41, 5.74) is 2.68. The molecular formula is C25H37IN4O. The Bertz CT molecular complexity index is 737. The summed E-state index contributed by atoms with van der Waals surface area (Å²) in [5, 5.41) is 7.03. The zero-order chi connectivity index (χ0) is 21.2. The topological polar surface area (TPSA) is 48.9 Å². The Hall–Kier alpha value is -1.64. The van der Waals surface area contributed by atoms with E-state index in [1.165, 1.54) is 11.1 Å². The summed E-state index contributed by atoms with van der Waals surface area (Å²) in [4.78, 5) is 7.31. The van der Waals surface area contributed by atoms with Crippen LogP contribution in [0.2, 0.25) is 0 Å². The van der Waals surface area contributed by atoms with Crippen molar-refractivity contribution < 1.29 is 4.74 Å². The molecule has 1 aliphatic rings. The molecule has 170 valence electrons. The molecule has 1 aliphatic heterocycles. The smallest absolute Gasteiger partial charge is 0.191 e. The number of guanidine groups is 1. The average Bonchev–Trinajstić information content (AvgIpc) is 2.79. The van der Waals surface area contributed by atoms with Crippen LogP contribution in [-0.2, 0) is 4.74 Å². The number of rotatable bonds is 8. The maximum atomic E-state index is 5.60. The Kier molecular flexibility index (Phi) is 10.8. The highest BCUT2D eigenvalue weighted by Crippen LogP contribution is 2.26. The molecule has 1 saturated heterocycles. The molecule has 6 heteroatoms. The standard InChI is InChI=1S/C25H36N4O.HI/c1-4-26-24(28-20-25(29(2)3)15-17-30-18-16-25)27-19-23(21-11-7-5-8-12-21)22-13-9-6-10-14-22;/h5-14,23H,4,15-20H2,1-3H3,(H2,26,27,28);1H. The Morgan fingerprint density at radius 1 is 0.968 bits per heavy atom. The molecule has 2 N–H and O–H groups in total. The second kappa shape index (κ2) is 13.0. The minimum Gasteiger partial charge on any atom is -0.381 e. The lowest BCUT2D eigenvalue weighted by atomic mass is 9.89. The molecule has 3 rings (SSSR count). The van der Waals surface area contributed by atoms with Crippen molar-refractivity contribution in [1.82, 2.24) is 15.5 Å². The van der Waals surface area contributed by atoms with Crippen molar-refractivity contribution in [3.63, 3.8) is 0 Å². The van der Waals surface area contributed by atoms with Gasteiger partial charge < -0.3 is 20.3 Å². The van der Waals surface area contributed by atoms with Crippen molar-refractivity contribution in [3.8, 4) is 0 Å². The van der Waals surface area contributed by atoms with Crippen molar-refractivity contribution in [1.29, 1.82) is 0 Å². The van der Waals surface area contributed by atoms with Crippen molar-refractivity contribution in [2.75, 3.05) is 46.9 Å². The summed E-state index contributed by atoms with van der Waals surface area (Å²) in [5.74, 6) is 1.14. The molecule has 0 spiro atoms. The summed E-state index contributed by atoms with van der Waals surface area (Å²) >= 11 is 0. The molecule has 0 atom stereocenters. The Balaban J connectivity index is 0.00000341. The molecule has 1 fully saturated rings. The van der Waals surface area contributed by atoms with Crippen LogP contribution in [0.5, 0.6) is 0 Å². The second-order valence-electron chi connectivity index (χ2n) is 8.18. The molecule has 0 unspecified atom stereocenters. The van der Waals surface area contributed by atoms with E-state index in [9.17, 15) is 0 Å². The van der Waals surface area contributed by atoms with Crippen LogP contribution in [0.3, 0.4) is 0 Å². The zero-order valence-corrected chi connectivity index (χ0v) is 21.3. The summed E-state index contributed by atoms with van der Waals surface area (Å²) < 4.78 is 5.60. The number of ether oxygens (including phenoxy) is 1. The number of benzene rings is 2. The molecule has 0 amide bonds. The fourth-order valence-corrected chi connectivity index (χ4v) is 4.06. The van der Waals surface area contributed by atoms with E-state index in [4.69, 9.17) is 9.73 Å². The third kappa shape index (κ3) is 7.19. The van der Waals surface area contributed by atoms with Gasteiger partial charge in [-0.25, -0.2) is 0 Å². The first-order valence-electron chi connectivity index (χ1n) is 11.0. The van der Waals surface area contributed by atoms with E-state index in [2.05, 4.69) is 97.2 Å². The Labute approximate surface area is 204 Å². The summed E-state index contributed by atoms with van der Waals surface area (Å²) in [6, 6.07) is 21.4. The highest BCUT2D eigenvalue weighted by atomic mass is 127. The van der Waals surface area contributed by atoms with Gasteiger partial charge in [-0.15, -0.1) is 24.0 Å². The second-order valence-corrected chi connectivity index (χ2v) is 8.18. The number of likely N-dealkylation sites (N-methyl/N-ethyl adjacent to an activating group) is 1. The molecule has 5 nitrogen and oxygen atoms in total. The van der Waals surface area contributed by atoms with Gasteiger partial charge in [0.1, 0.15) is 0 Å². The Morgan fingerprint density at radius 3 is 2.00 bits per heavy atom. The van der Waals surface area contributed by atoms with Gasteiger partial charge in [-0.1, -0.05) is 60.7 Å². The molecule has 0 aromatic heterocycles. The number of nitrogens with one attached hydrogen (secondary N) is 2. The largest absolute Gasteiger partial charge is 0.381 e. The normalized spacial score (nSPS) is 16.1. The van der Waals surface area contributed by atoms with Crippen molar-refractivity contribution in [3.05, 3.63) is 71.8 Å². The molecule has 2 aromatic carbocycles. The molecule has 0 aliphatic carbocycles. The van der Waals surface area contributed by atoms with Gasteiger partial charge in [0.05, 0.1) is 6.54 Å². The van der Waals surface area contributed by atoms with Gasteiger partial charge in [-0.3, -0.25) is 4.99 Å². The molecular weight excluding hydrogens is 499 g/mol. The lowest BCUT2D eigenvalue weighted by Crippen LogP contribution is -2.52. The van der Waals surface area contributed by atoms with Crippen LogP contribution in [0.4, 0.5) is 0 Å². The summed E-state index contributed by atoms with van der Waals surface area (Å²) in [6.45, 7) is 6.12. The van der Waals surface area contributed by atoms with Gasteiger partial charge in [0.15, 0.2) is 5.96 Å². The Morgan fingerprint density at radius 2 is 1.52 bits per heavy atom. The van der Waals surface area contributed by atoms with E-state index in [0.29, 0.717) is 0 Å². The minimum absolute atomic E-state index is 0. The van der Waals surface area contributed by atoms with E-state index < -0.39 is 0 Å². The number of hydrogen-bond acceptors (Lipinski definition) is 3. The average molecular weight is 537 g/mol. The third-order valence-electron chi connectivity index (χ3n) is 6.13. The van der Waals surface area contributed by atoms with Crippen LogP contribution in [0.25, 0.3) is 0 Å². The summed E-state index contributed by atoms with van der Waals surface area (Å²) in [6.07, 6.45) is 2.03. The van der Waals surface area contributed by atoms with E-state index >= 15 is 0 Å². The van der Waals surface area contributed by atoms with Gasteiger partial charge in [0.2, 0.25) is 0 Å². The highest BCUT2D eigenvalue weighted by molar-refractivity contribution is 14.0. The van der Waals surface area contributed by atoms with E-state index in [-0.39, 0.29) is 35.4 Å². The maximum absolute atomic E-state index is 5.60. The molecule has 1 heterocycles. The van der Waals surface area contributed by atoms with E-state index in [1.54, 1.807) is 0 Å². The van der Waals surface area contributed by atoms with Crippen LogP contribution < -0.4 is 10.6 Å².